The number of rotatable bonds is 6. The molecule has 1 amide bonds. The number of nitrogens with zero attached hydrogens (tertiary/aromatic N) is 3. The first-order chi connectivity index (χ1) is 14.3. The first-order valence-electron chi connectivity index (χ1n) is 9.13. The van der Waals surface area contributed by atoms with Crippen LogP contribution in [0.4, 0.5) is 23.7 Å². The van der Waals surface area contributed by atoms with Crippen molar-refractivity contribution < 1.29 is 23.1 Å². The van der Waals surface area contributed by atoms with E-state index < -0.39 is 29.0 Å². The first-order valence-corrected chi connectivity index (χ1v) is 9.13. The van der Waals surface area contributed by atoms with Gasteiger partial charge in [-0.3, -0.25) is 9.69 Å². The zero-order valence-corrected chi connectivity index (χ0v) is 16.0. The summed E-state index contributed by atoms with van der Waals surface area (Å²) in [6, 6.07) is 9.40. The summed E-state index contributed by atoms with van der Waals surface area (Å²) < 4.78 is 41.3. The van der Waals surface area contributed by atoms with E-state index in [0.29, 0.717) is 24.2 Å². The molecule has 0 aliphatic rings. The van der Waals surface area contributed by atoms with Gasteiger partial charge in [0.2, 0.25) is 5.43 Å². The summed E-state index contributed by atoms with van der Waals surface area (Å²) in [4.78, 5) is 24.9. The maximum atomic E-state index is 13.5. The lowest BCUT2D eigenvalue weighted by molar-refractivity contribution is 0.202. The minimum absolute atomic E-state index is 0.0687. The van der Waals surface area contributed by atoms with Crippen molar-refractivity contribution in [2.75, 3.05) is 11.4 Å². The highest BCUT2D eigenvalue weighted by Crippen LogP contribution is 2.19. The smallest absolute Gasteiger partial charge is 0.411 e. The SMILES string of the molecule is CCCN(C(=O)O)c1cccc(Cc2nn(-c3cc(F)c(F)c(F)c3)ccc2=O)c1. The Bertz CT molecular complexity index is 1120. The van der Waals surface area contributed by atoms with Crippen LogP contribution in [-0.2, 0) is 6.42 Å². The van der Waals surface area contributed by atoms with Gasteiger partial charge in [-0.2, -0.15) is 5.10 Å². The molecule has 0 unspecified atom stereocenters. The lowest BCUT2D eigenvalue weighted by Gasteiger charge is -2.19. The van der Waals surface area contributed by atoms with Crippen molar-refractivity contribution in [1.82, 2.24) is 9.78 Å². The maximum absolute atomic E-state index is 13.5. The monoisotopic (exact) mass is 417 g/mol. The first kappa shape index (κ1) is 21.1. The molecule has 0 saturated carbocycles. The predicted molar refractivity (Wildman–Crippen MR) is 105 cm³/mol. The molecule has 0 radical (unpaired) electrons. The van der Waals surface area contributed by atoms with E-state index in [-0.39, 0.29) is 17.8 Å². The molecule has 0 atom stereocenters. The molecule has 3 aromatic rings. The molecule has 0 aliphatic carbocycles. The number of carbonyl (C=O) groups is 1. The summed E-state index contributed by atoms with van der Waals surface area (Å²) >= 11 is 0. The van der Waals surface area contributed by atoms with Gasteiger partial charge in [0.25, 0.3) is 0 Å². The Hall–Kier alpha value is -3.62. The number of amides is 1. The molecule has 1 aromatic heterocycles. The van der Waals surface area contributed by atoms with Gasteiger partial charge in [0.1, 0.15) is 5.69 Å². The highest BCUT2D eigenvalue weighted by Gasteiger charge is 2.15. The quantitative estimate of drug-likeness (QED) is 0.612. The average molecular weight is 417 g/mol. The Morgan fingerprint density at radius 1 is 1.13 bits per heavy atom. The predicted octanol–water partition coefficient (Wildman–Crippen LogP) is 4.14. The summed E-state index contributed by atoms with van der Waals surface area (Å²) in [5.74, 6) is -4.33. The van der Waals surface area contributed by atoms with Crippen LogP contribution in [0.25, 0.3) is 5.69 Å². The molecule has 0 fully saturated rings. The summed E-state index contributed by atoms with van der Waals surface area (Å²) in [6.07, 6.45) is 0.836. The van der Waals surface area contributed by atoms with Crippen LogP contribution in [0, 0.1) is 17.5 Å². The molecule has 9 heteroatoms. The van der Waals surface area contributed by atoms with Crippen LogP contribution in [0.2, 0.25) is 0 Å². The van der Waals surface area contributed by atoms with Crippen LogP contribution in [0.5, 0.6) is 0 Å². The van der Waals surface area contributed by atoms with Crippen LogP contribution >= 0.6 is 0 Å². The number of hydrogen-bond donors (Lipinski definition) is 1. The molecular weight excluding hydrogens is 399 g/mol. The molecular formula is C21H18F3N3O3. The van der Waals surface area contributed by atoms with Gasteiger partial charge in [0, 0.05) is 43.0 Å². The van der Waals surface area contributed by atoms with Gasteiger partial charge >= 0.3 is 6.09 Å². The number of aromatic nitrogens is 2. The van der Waals surface area contributed by atoms with Gasteiger partial charge < -0.3 is 5.11 Å². The Morgan fingerprint density at radius 2 is 1.83 bits per heavy atom. The molecule has 2 aromatic carbocycles. The molecule has 0 aliphatic heterocycles. The van der Waals surface area contributed by atoms with E-state index in [4.69, 9.17) is 0 Å². The number of benzene rings is 2. The lowest BCUT2D eigenvalue weighted by atomic mass is 10.1. The molecule has 156 valence electrons. The van der Waals surface area contributed by atoms with E-state index in [1.807, 2.05) is 6.92 Å². The van der Waals surface area contributed by atoms with Crippen LogP contribution in [0.15, 0.2) is 53.5 Å². The van der Waals surface area contributed by atoms with Crippen molar-refractivity contribution >= 4 is 11.8 Å². The van der Waals surface area contributed by atoms with Crippen LogP contribution in [0.1, 0.15) is 24.6 Å². The zero-order valence-electron chi connectivity index (χ0n) is 16.0. The van der Waals surface area contributed by atoms with Crippen molar-refractivity contribution in [3.63, 3.8) is 0 Å². The van der Waals surface area contributed by atoms with Gasteiger partial charge in [-0.1, -0.05) is 19.1 Å². The standard InChI is InChI=1S/C21H18F3N3O3/c1-2-7-26(21(29)30)14-5-3-4-13(9-14)10-18-19(28)6-8-27(25-18)15-11-16(22)20(24)17(23)12-15/h3-6,8-9,11-12H,2,7,10H2,1H3,(H,29,30). The van der Waals surface area contributed by atoms with Crippen molar-refractivity contribution in [3.05, 3.63) is 87.6 Å². The fraction of sp³-hybridized carbons (Fsp3) is 0.190. The Labute approximate surface area is 169 Å². The van der Waals surface area contributed by atoms with Crippen LogP contribution in [0.3, 0.4) is 0 Å². The highest BCUT2D eigenvalue weighted by atomic mass is 19.2. The van der Waals surface area contributed by atoms with E-state index >= 15 is 0 Å². The average Bonchev–Trinajstić information content (AvgIpc) is 2.71. The Morgan fingerprint density at radius 3 is 2.47 bits per heavy atom. The lowest BCUT2D eigenvalue weighted by Crippen LogP contribution is -2.29. The summed E-state index contributed by atoms with van der Waals surface area (Å²) in [7, 11) is 0. The largest absolute Gasteiger partial charge is 0.465 e. The second kappa shape index (κ2) is 8.81. The third-order valence-corrected chi connectivity index (χ3v) is 4.39. The summed E-state index contributed by atoms with van der Waals surface area (Å²) in [6.45, 7) is 2.17. The second-order valence-corrected chi connectivity index (χ2v) is 6.58. The zero-order chi connectivity index (χ0) is 21.8. The normalized spacial score (nSPS) is 10.8. The Balaban J connectivity index is 1.95. The molecule has 1 heterocycles. The van der Waals surface area contributed by atoms with Gasteiger partial charge in [-0.05, 0) is 24.1 Å². The molecule has 0 bridgehead atoms. The van der Waals surface area contributed by atoms with Crippen molar-refractivity contribution in [2.24, 2.45) is 0 Å². The third-order valence-electron chi connectivity index (χ3n) is 4.39. The minimum atomic E-state index is -1.59. The van der Waals surface area contributed by atoms with E-state index in [1.54, 1.807) is 24.3 Å². The number of anilines is 1. The molecule has 0 saturated heterocycles. The maximum Gasteiger partial charge on any atom is 0.411 e. The van der Waals surface area contributed by atoms with Gasteiger partial charge in [0.15, 0.2) is 17.5 Å². The highest BCUT2D eigenvalue weighted by molar-refractivity contribution is 5.86. The number of carboxylic acid groups (broad SMARTS) is 1. The van der Waals surface area contributed by atoms with E-state index in [2.05, 4.69) is 5.10 Å². The molecule has 30 heavy (non-hydrogen) atoms. The van der Waals surface area contributed by atoms with E-state index in [9.17, 15) is 27.9 Å². The van der Waals surface area contributed by atoms with Crippen molar-refractivity contribution in [3.8, 4) is 5.69 Å². The van der Waals surface area contributed by atoms with Gasteiger partial charge in [0.05, 0.1) is 5.69 Å². The molecule has 0 spiro atoms. The number of halogens is 3. The number of hydrogen-bond acceptors (Lipinski definition) is 3. The van der Waals surface area contributed by atoms with E-state index in [0.717, 1.165) is 16.8 Å². The molecule has 6 nitrogen and oxygen atoms in total. The molecule has 1 N–H and O–H groups in total. The van der Waals surface area contributed by atoms with Crippen molar-refractivity contribution in [2.45, 2.75) is 19.8 Å². The van der Waals surface area contributed by atoms with Crippen LogP contribution in [-0.4, -0.2) is 27.5 Å². The Kier molecular flexibility index (Phi) is 6.20. The van der Waals surface area contributed by atoms with E-state index in [1.165, 1.54) is 17.2 Å². The minimum Gasteiger partial charge on any atom is -0.465 e. The fourth-order valence-corrected chi connectivity index (χ4v) is 2.97. The third kappa shape index (κ3) is 4.51. The van der Waals surface area contributed by atoms with Gasteiger partial charge in [-0.15, -0.1) is 0 Å². The second-order valence-electron chi connectivity index (χ2n) is 6.58. The van der Waals surface area contributed by atoms with Crippen LogP contribution < -0.4 is 10.3 Å². The summed E-state index contributed by atoms with van der Waals surface area (Å²) in [5, 5.41) is 13.5. The van der Waals surface area contributed by atoms with Crippen molar-refractivity contribution in [1.29, 1.82) is 0 Å². The van der Waals surface area contributed by atoms with Gasteiger partial charge in [-0.25, -0.2) is 22.6 Å². The molecule has 3 rings (SSSR count). The summed E-state index contributed by atoms with van der Waals surface area (Å²) in [5.41, 5.74) is 0.691. The fourth-order valence-electron chi connectivity index (χ4n) is 2.97. The topological polar surface area (TPSA) is 75.4 Å².